The van der Waals surface area contributed by atoms with Gasteiger partial charge in [0.2, 0.25) is 5.95 Å². The number of hydrogen-bond donors (Lipinski definition) is 1. The second-order valence-corrected chi connectivity index (χ2v) is 10.7. The van der Waals surface area contributed by atoms with Gasteiger partial charge in [-0.3, -0.25) is 20.1 Å². The normalized spacial score (nSPS) is 11.3. The fourth-order valence-electron chi connectivity index (χ4n) is 4.97. The molecule has 0 radical (unpaired) electrons. The van der Waals surface area contributed by atoms with Crippen LogP contribution in [0.2, 0.25) is 0 Å². The fourth-order valence-corrected chi connectivity index (χ4v) is 5.32. The number of anilines is 1. The summed E-state index contributed by atoms with van der Waals surface area (Å²) < 4.78 is 4.71. The number of imidazole rings is 1. The number of rotatable bonds is 7. The van der Waals surface area contributed by atoms with Crippen LogP contribution in [0.15, 0.2) is 114 Å². The standard InChI is InChI=1S/C32H23BrN8O/c33-24-10-11-29-28(14-24)38-32(40(29)19-21-6-2-1-3-7-21)39-31(42)25-15-27(23-9-5-13-35-17-23)37-30-26(25)18-36-41(30)20-22-8-4-12-34-16-22/h1-18H,19-20H2,(H,38,39,42). The molecule has 5 heterocycles. The molecular formula is C32H23BrN8O. The van der Waals surface area contributed by atoms with Gasteiger partial charge in [-0.05, 0) is 53.6 Å². The number of aromatic nitrogens is 7. The first kappa shape index (κ1) is 25.7. The average Bonchev–Trinajstić information content (AvgIpc) is 3.58. The Bertz CT molecular complexity index is 2040. The molecular weight excluding hydrogens is 592 g/mol. The molecule has 204 valence electrons. The van der Waals surface area contributed by atoms with Crippen molar-refractivity contribution in [1.82, 2.24) is 34.3 Å². The lowest BCUT2D eigenvalue weighted by Gasteiger charge is -2.12. The van der Waals surface area contributed by atoms with Crippen LogP contribution < -0.4 is 5.32 Å². The van der Waals surface area contributed by atoms with Crippen molar-refractivity contribution in [2.45, 2.75) is 13.1 Å². The van der Waals surface area contributed by atoms with E-state index in [2.05, 4.69) is 48.4 Å². The molecule has 1 N–H and O–H groups in total. The lowest BCUT2D eigenvalue weighted by atomic mass is 10.1. The summed E-state index contributed by atoms with van der Waals surface area (Å²) >= 11 is 3.54. The average molecular weight is 615 g/mol. The molecule has 0 aliphatic rings. The van der Waals surface area contributed by atoms with E-state index in [0.29, 0.717) is 41.3 Å². The van der Waals surface area contributed by atoms with Crippen LogP contribution in [-0.4, -0.2) is 40.2 Å². The van der Waals surface area contributed by atoms with Gasteiger partial charge in [-0.1, -0.05) is 52.3 Å². The van der Waals surface area contributed by atoms with Crippen LogP contribution in [0.1, 0.15) is 21.5 Å². The van der Waals surface area contributed by atoms with Crippen molar-refractivity contribution >= 4 is 49.9 Å². The second kappa shape index (κ2) is 11.0. The van der Waals surface area contributed by atoms with Gasteiger partial charge in [0.15, 0.2) is 5.65 Å². The summed E-state index contributed by atoms with van der Waals surface area (Å²) in [5.74, 6) is 0.143. The molecule has 5 aromatic heterocycles. The summed E-state index contributed by atoms with van der Waals surface area (Å²) in [6.07, 6.45) is 8.65. The van der Waals surface area contributed by atoms with Crippen molar-refractivity contribution in [3.05, 3.63) is 131 Å². The summed E-state index contributed by atoms with van der Waals surface area (Å²) in [6.45, 7) is 1.01. The van der Waals surface area contributed by atoms with E-state index in [-0.39, 0.29) is 5.91 Å². The van der Waals surface area contributed by atoms with Crippen LogP contribution in [0.3, 0.4) is 0 Å². The fraction of sp³-hybridized carbons (Fsp3) is 0.0625. The van der Waals surface area contributed by atoms with Gasteiger partial charge in [-0.15, -0.1) is 0 Å². The summed E-state index contributed by atoms with van der Waals surface area (Å²) in [5.41, 5.74) is 6.20. The Morgan fingerprint density at radius 1 is 0.810 bits per heavy atom. The van der Waals surface area contributed by atoms with E-state index in [1.54, 1.807) is 41.7 Å². The molecule has 2 aromatic carbocycles. The van der Waals surface area contributed by atoms with Crippen molar-refractivity contribution in [2.75, 3.05) is 5.32 Å². The molecule has 9 nitrogen and oxygen atoms in total. The summed E-state index contributed by atoms with van der Waals surface area (Å²) in [5, 5.41) is 8.33. The third-order valence-corrected chi connectivity index (χ3v) is 7.48. The highest BCUT2D eigenvalue weighted by Crippen LogP contribution is 2.28. The molecule has 0 bridgehead atoms. The zero-order valence-electron chi connectivity index (χ0n) is 22.2. The largest absolute Gasteiger partial charge is 0.305 e. The maximum Gasteiger partial charge on any atom is 0.258 e. The van der Waals surface area contributed by atoms with Crippen molar-refractivity contribution in [2.24, 2.45) is 0 Å². The predicted octanol–water partition coefficient (Wildman–Crippen LogP) is 6.35. The first-order valence-electron chi connectivity index (χ1n) is 13.3. The summed E-state index contributed by atoms with van der Waals surface area (Å²) in [4.78, 5) is 32.2. The first-order valence-corrected chi connectivity index (χ1v) is 14.1. The van der Waals surface area contributed by atoms with E-state index in [0.717, 1.165) is 32.2 Å². The minimum atomic E-state index is -0.308. The van der Waals surface area contributed by atoms with Crippen LogP contribution in [0.25, 0.3) is 33.3 Å². The molecule has 7 rings (SSSR count). The Kier molecular flexibility index (Phi) is 6.73. The number of carbonyl (C=O) groups excluding carboxylic acids is 1. The number of halogens is 1. The lowest BCUT2D eigenvalue weighted by molar-refractivity contribution is 0.102. The number of hydrogen-bond acceptors (Lipinski definition) is 6. The summed E-state index contributed by atoms with van der Waals surface area (Å²) in [6, 6.07) is 25.4. The van der Waals surface area contributed by atoms with Gasteiger partial charge >= 0.3 is 0 Å². The smallest absolute Gasteiger partial charge is 0.258 e. The van der Waals surface area contributed by atoms with Crippen LogP contribution in [0.4, 0.5) is 5.95 Å². The van der Waals surface area contributed by atoms with Gasteiger partial charge in [0.05, 0.1) is 47.0 Å². The van der Waals surface area contributed by atoms with Gasteiger partial charge in [0.25, 0.3) is 5.91 Å². The Balaban J connectivity index is 1.32. The van der Waals surface area contributed by atoms with E-state index >= 15 is 0 Å². The zero-order valence-corrected chi connectivity index (χ0v) is 23.8. The topological polar surface area (TPSA) is 103 Å². The third kappa shape index (κ3) is 5.04. The number of benzene rings is 2. The van der Waals surface area contributed by atoms with Gasteiger partial charge in [-0.25, -0.2) is 14.6 Å². The van der Waals surface area contributed by atoms with Crippen LogP contribution in [0.5, 0.6) is 0 Å². The van der Waals surface area contributed by atoms with Gasteiger partial charge in [0, 0.05) is 34.8 Å². The van der Waals surface area contributed by atoms with Gasteiger partial charge < -0.3 is 4.57 Å². The van der Waals surface area contributed by atoms with Gasteiger partial charge in [0.1, 0.15) is 0 Å². The molecule has 0 spiro atoms. The van der Waals surface area contributed by atoms with E-state index in [9.17, 15) is 4.79 Å². The highest BCUT2D eigenvalue weighted by Gasteiger charge is 2.21. The SMILES string of the molecule is O=C(Nc1nc2cc(Br)ccc2n1Cc1ccccc1)c1cc(-c2cccnc2)nc2c1cnn2Cc1cccnc1. The Labute approximate surface area is 249 Å². The van der Waals surface area contributed by atoms with Gasteiger partial charge in [-0.2, -0.15) is 5.10 Å². The van der Waals surface area contributed by atoms with Crippen LogP contribution >= 0.6 is 15.9 Å². The zero-order chi connectivity index (χ0) is 28.5. The molecule has 0 saturated heterocycles. The Hall–Kier alpha value is -5.22. The predicted molar refractivity (Wildman–Crippen MR) is 165 cm³/mol. The van der Waals surface area contributed by atoms with Crippen LogP contribution in [-0.2, 0) is 13.1 Å². The quantitative estimate of drug-likeness (QED) is 0.224. The Morgan fingerprint density at radius 3 is 2.40 bits per heavy atom. The van der Waals surface area contributed by atoms with Crippen molar-refractivity contribution < 1.29 is 4.79 Å². The van der Waals surface area contributed by atoms with E-state index < -0.39 is 0 Å². The molecule has 42 heavy (non-hydrogen) atoms. The Morgan fingerprint density at radius 2 is 1.62 bits per heavy atom. The van der Waals surface area contributed by atoms with Crippen molar-refractivity contribution in [1.29, 1.82) is 0 Å². The molecule has 0 aliphatic carbocycles. The number of fused-ring (bicyclic) bond motifs is 2. The summed E-state index contributed by atoms with van der Waals surface area (Å²) in [7, 11) is 0. The minimum Gasteiger partial charge on any atom is -0.305 e. The lowest BCUT2D eigenvalue weighted by Crippen LogP contribution is -2.17. The second-order valence-electron chi connectivity index (χ2n) is 9.79. The van der Waals surface area contributed by atoms with Crippen molar-refractivity contribution in [3.63, 3.8) is 0 Å². The van der Waals surface area contributed by atoms with E-state index in [4.69, 9.17) is 9.97 Å². The molecule has 0 atom stereocenters. The highest BCUT2D eigenvalue weighted by molar-refractivity contribution is 9.10. The number of nitrogens with one attached hydrogen (secondary N) is 1. The van der Waals surface area contributed by atoms with E-state index in [1.807, 2.05) is 65.2 Å². The number of amides is 1. The molecule has 1 amide bonds. The molecule has 0 fully saturated rings. The number of carbonyl (C=O) groups is 1. The number of nitrogens with zero attached hydrogens (tertiary/aromatic N) is 7. The molecule has 0 saturated carbocycles. The molecule has 0 unspecified atom stereocenters. The van der Waals surface area contributed by atoms with Crippen molar-refractivity contribution in [3.8, 4) is 11.3 Å². The maximum atomic E-state index is 14.1. The molecule has 0 aliphatic heterocycles. The van der Waals surface area contributed by atoms with E-state index in [1.165, 1.54) is 0 Å². The maximum absolute atomic E-state index is 14.1. The highest BCUT2D eigenvalue weighted by atomic mass is 79.9. The molecule has 10 heteroatoms. The van der Waals surface area contributed by atoms with Crippen LogP contribution in [0, 0.1) is 0 Å². The monoisotopic (exact) mass is 614 g/mol. The third-order valence-electron chi connectivity index (χ3n) is 6.99. The first-order chi connectivity index (χ1) is 20.6. The molecule has 7 aromatic rings. The minimum absolute atomic E-state index is 0.308. The number of pyridine rings is 3.